The number of nitrogens with one attached hydrogen (secondary N) is 1. The molecule has 0 bridgehead atoms. The summed E-state index contributed by atoms with van der Waals surface area (Å²) in [5, 5.41) is 3.27. The Kier molecular flexibility index (Phi) is 7.33. The zero-order chi connectivity index (χ0) is 19.6. The molecule has 2 unspecified atom stereocenters. The Hall–Kier alpha value is -1.80. The number of rotatable bonds is 4. The zero-order valence-electron chi connectivity index (χ0n) is 15.7. The summed E-state index contributed by atoms with van der Waals surface area (Å²) in [6, 6.07) is 7.86. The molecule has 2 aliphatic heterocycles. The Morgan fingerprint density at radius 2 is 1.93 bits per heavy atom. The first-order chi connectivity index (χ1) is 12.8. The number of piperazine rings is 1. The molecular formula is C19H25ClF3N3O2. The molecule has 2 saturated heterocycles. The molecule has 1 aromatic carbocycles. The molecule has 28 heavy (non-hydrogen) atoms. The molecular weight excluding hydrogens is 395 g/mol. The van der Waals surface area contributed by atoms with Crippen LogP contribution >= 0.6 is 12.4 Å². The summed E-state index contributed by atoms with van der Waals surface area (Å²) in [7, 11) is 0. The normalized spacial score (nSPS) is 22.9. The third-order valence-corrected chi connectivity index (χ3v) is 5.23. The van der Waals surface area contributed by atoms with E-state index in [9.17, 15) is 22.8 Å². The number of aryl methyl sites for hydroxylation is 1. The number of alkyl halides is 3. The van der Waals surface area contributed by atoms with Gasteiger partial charge in [0.25, 0.3) is 0 Å². The molecule has 0 radical (unpaired) electrons. The van der Waals surface area contributed by atoms with Crippen LogP contribution in [0.2, 0.25) is 0 Å². The number of carbonyl (C=O) groups is 2. The number of likely N-dealkylation sites (tertiary alicyclic amines) is 1. The molecule has 0 saturated carbocycles. The molecule has 0 aromatic heterocycles. The van der Waals surface area contributed by atoms with Crippen molar-refractivity contribution < 1.29 is 22.8 Å². The first-order valence-electron chi connectivity index (χ1n) is 9.23. The van der Waals surface area contributed by atoms with Crippen LogP contribution < -0.4 is 5.32 Å². The van der Waals surface area contributed by atoms with Crippen LogP contribution in [-0.4, -0.2) is 60.5 Å². The largest absolute Gasteiger partial charge is 0.406 e. The fraction of sp³-hybridized carbons (Fsp3) is 0.579. The second-order valence-corrected chi connectivity index (χ2v) is 7.14. The predicted octanol–water partition coefficient (Wildman–Crippen LogP) is 2.55. The SMILES string of the molecule is CCc1ccc(C2CNCCN2C(=O)C2CC(=O)N(CC(F)(F)F)C2)cc1.Cl. The van der Waals surface area contributed by atoms with Gasteiger partial charge in [-0.25, -0.2) is 0 Å². The number of hydrogen-bond donors (Lipinski definition) is 1. The van der Waals surface area contributed by atoms with Crippen LogP contribution in [0, 0.1) is 5.92 Å². The molecule has 2 amide bonds. The molecule has 1 aromatic rings. The summed E-state index contributed by atoms with van der Waals surface area (Å²) in [5.74, 6) is -1.56. The minimum Gasteiger partial charge on any atom is -0.333 e. The third-order valence-electron chi connectivity index (χ3n) is 5.23. The monoisotopic (exact) mass is 419 g/mol. The van der Waals surface area contributed by atoms with Gasteiger partial charge in [0.05, 0.1) is 12.0 Å². The van der Waals surface area contributed by atoms with E-state index in [2.05, 4.69) is 12.2 Å². The van der Waals surface area contributed by atoms with Crippen LogP contribution in [0.4, 0.5) is 13.2 Å². The number of benzene rings is 1. The molecule has 0 aliphatic carbocycles. The van der Waals surface area contributed by atoms with Crippen molar-refractivity contribution in [1.29, 1.82) is 0 Å². The summed E-state index contributed by atoms with van der Waals surface area (Å²) >= 11 is 0. The fourth-order valence-corrected chi connectivity index (χ4v) is 3.78. The van der Waals surface area contributed by atoms with Gasteiger partial charge in [-0.2, -0.15) is 13.2 Å². The molecule has 1 N–H and O–H groups in total. The molecule has 2 aliphatic rings. The second-order valence-electron chi connectivity index (χ2n) is 7.14. The average Bonchev–Trinajstić information content (AvgIpc) is 3.00. The Balaban J connectivity index is 0.00000280. The summed E-state index contributed by atoms with van der Waals surface area (Å²) in [5.41, 5.74) is 2.19. The summed E-state index contributed by atoms with van der Waals surface area (Å²) in [6.07, 6.45) is -3.68. The molecule has 9 heteroatoms. The molecule has 2 atom stereocenters. The third kappa shape index (κ3) is 5.17. The van der Waals surface area contributed by atoms with Gasteiger partial charge < -0.3 is 15.1 Å². The van der Waals surface area contributed by atoms with E-state index in [-0.39, 0.29) is 37.3 Å². The number of halogens is 4. The van der Waals surface area contributed by atoms with E-state index in [1.165, 1.54) is 5.56 Å². The van der Waals surface area contributed by atoms with Crippen LogP contribution in [0.5, 0.6) is 0 Å². The van der Waals surface area contributed by atoms with Crippen molar-refractivity contribution >= 4 is 24.2 Å². The van der Waals surface area contributed by atoms with E-state index in [1.807, 2.05) is 24.3 Å². The molecule has 156 valence electrons. The first-order valence-corrected chi connectivity index (χ1v) is 9.23. The Labute approximate surface area is 168 Å². The summed E-state index contributed by atoms with van der Waals surface area (Å²) in [6.45, 7) is 2.30. The van der Waals surface area contributed by atoms with Gasteiger partial charge in [-0.05, 0) is 17.5 Å². The zero-order valence-corrected chi connectivity index (χ0v) is 16.5. The van der Waals surface area contributed by atoms with Gasteiger partial charge in [0.1, 0.15) is 6.54 Å². The Bertz CT molecular complexity index is 697. The van der Waals surface area contributed by atoms with Crippen molar-refractivity contribution in [2.24, 2.45) is 5.92 Å². The highest BCUT2D eigenvalue weighted by molar-refractivity contribution is 5.89. The highest BCUT2D eigenvalue weighted by Crippen LogP contribution is 2.29. The average molecular weight is 420 g/mol. The molecule has 3 rings (SSSR count). The molecule has 0 spiro atoms. The minimum atomic E-state index is -4.45. The number of amides is 2. The van der Waals surface area contributed by atoms with Gasteiger partial charge in [-0.15, -0.1) is 12.4 Å². The molecule has 2 fully saturated rings. The standard InChI is InChI=1S/C19H24F3N3O2.ClH/c1-2-13-3-5-14(6-4-13)16-10-23-7-8-25(16)18(27)15-9-17(26)24(11-15)12-19(20,21)22;/h3-6,15-16,23H,2,7-12H2,1H3;1H. The lowest BCUT2D eigenvalue weighted by Gasteiger charge is -2.38. The highest BCUT2D eigenvalue weighted by atomic mass is 35.5. The van der Waals surface area contributed by atoms with Crippen molar-refractivity contribution in [3.8, 4) is 0 Å². The highest BCUT2D eigenvalue weighted by Gasteiger charge is 2.43. The molecule has 5 nitrogen and oxygen atoms in total. The van der Waals surface area contributed by atoms with Gasteiger partial charge in [-0.1, -0.05) is 31.2 Å². The van der Waals surface area contributed by atoms with Crippen molar-refractivity contribution in [2.45, 2.75) is 32.0 Å². The predicted molar refractivity (Wildman–Crippen MR) is 101 cm³/mol. The summed E-state index contributed by atoms with van der Waals surface area (Å²) in [4.78, 5) is 27.4. The van der Waals surface area contributed by atoms with Gasteiger partial charge in [-0.3, -0.25) is 9.59 Å². The Morgan fingerprint density at radius 1 is 1.25 bits per heavy atom. The van der Waals surface area contributed by atoms with E-state index >= 15 is 0 Å². The van der Waals surface area contributed by atoms with Gasteiger partial charge in [0.15, 0.2) is 0 Å². The molecule has 2 heterocycles. The maximum absolute atomic E-state index is 13.0. The lowest BCUT2D eigenvalue weighted by molar-refractivity contribution is -0.157. The minimum absolute atomic E-state index is 0. The number of nitrogens with zero attached hydrogens (tertiary/aromatic N) is 2. The maximum Gasteiger partial charge on any atom is 0.406 e. The van der Waals surface area contributed by atoms with E-state index < -0.39 is 24.5 Å². The van der Waals surface area contributed by atoms with Crippen molar-refractivity contribution in [3.63, 3.8) is 0 Å². The summed E-state index contributed by atoms with van der Waals surface area (Å²) < 4.78 is 37.8. The fourth-order valence-electron chi connectivity index (χ4n) is 3.78. The smallest absolute Gasteiger partial charge is 0.333 e. The van der Waals surface area contributed by atoms with Crippen LogP contribution in [0.1, 0.15) is 30.5 Å². The van der Waals surface area contributed by atoms with Crippen LogP contribution in [-0.2, 0) is 16.0 Å². The maximum atomic E-state index is 13.0. The van der Waals surface area contributed by atoms with E-state index in [1.54, 1.807) is 4.90 Å². The van der Waals surface area contributed by atoms with Crippen molar-refractivity contribution in [1.82, 2.24) is 15.1 Å². The van der Waals surface area contributed by atoms with E-state index in [4.69, 9.17) is 0 Å². The first kappa shape index (κ1) is 22.5. The second kappa shape index (κ2) is 9.13. The topological polar surface area (TPSA) is 52.7 Å². The van der Waals surface area contributed by atoms with Crippen LogP contribution in [0.15, 0.2) is 24.3 Å². The van der Waals surface area contributed by atoms with Crippen LogP contribution in [0.3, 0.4) is 0 Å². The number of hydrogen-bond acceptors (Lipinski definition) is 3. The van der Waals surface area contributed by atoms with Crippen LogP contribution in [0.25, 0.3) is 0 Å². The Morgan fingerprint density at radius 3 is 2.54 bits per heavy atom. The van der Waals surface area contributed by atoms with E-state index in [0.717, 1.165) is 16.9 Å². The van der Waals surface area contributed by atoms with Gasteiger partial charge >= 0.3 is 6.18 Å². The van der Waals surface area contributed by atoms with Crippen molar-refractivity contribution in [2.75, 3.05) is 32.7 Å². The van der Waals surface area contributed by atoms with Crippen molar-refractivity contribution in [3.05, 3.63) is 35.4 Å². The van der Waals surface area contributed by atoms with Gasteiger partial charge in [0, 0.05) is 32.6 Å². The lowest BCUT2D eigenvalue weighted by Crippen LogP contribution is -2.50. The van der Waals surface area contributed by atoms with Gasteiger partial charge in [0.2, 0.25) is 11.8 Å². The number of carbonyl (C=O) groups excluding carboxylic acids is 2. The lowest BCUT2D eigenvalue weighted by atomic mass is 9.98. The van der Waals surface area contributed by atoms with E-state index in [0.29, 0.717) is 19.6 Å². The quantitative estimate of drug-likeness (QED) is 0.816.